The Morgan fingerprint density at radius 1 is 1.88 bits per heavy atom. The van der Waals surface area contributed by atoms with Gasteiger partial charge in [-0.2, -0.15) is 0 Å². The molecule has 0 bridgehead atoms. The van der Waals surface area contributed by atoms with Gasteiger partial charge in [-0.05, 0) is 6.42 Å². The highest BCUT2D eigenvalue weighted by Crippen LogP contribution is 2.01. The second kappa shape index (κ2) is 5.34. The van der Waals surface area contributed by atoms with Crippen LogP contribution in [0.15, 0.2) is 0 Å². The molecule has 0 unspecified atom stereocenters. The number of hydrogen-bond acceptors (Lipinski definition) is 3. The average Bonchev–Trinajstić information content (AvgIpc) is 1.83. The van der Waals surface area contributed by atoms with Gasteiger partial charge in [0.05, 0.1) is 0 Å². The minimum Gasteiger partial charge on any atom is -0.309 e. The quantitative estimate of drug-likeness (QED) is 0.348. The molecule has 8 heavy (non-hydrogen) atoms. The number of rotatable bonds is 2. The van der Waals surface area contributed by atoms with E-state index in [1.807, 2.05) is 0 Å². The zero-order valence-electron chi connectivity index (χ0n) is 4.81. The Hall–Kier alpha value is 0.200. The second-order valence-corrected chi connectivity index (χ2v) is 3.05. The third kappa shape index (κ3) is 4.36. The zero-order chi connectivity index (χ0) is 6.41. The van der Waals surface area contributed by atoms with Crippen LogP contribution in [0.1, 0.15) is 13.3 Å². The molecule has 0 saturated heterocycles. The molecular formula is C4H10N2S2. The maximum absolute atomic E-state index is 5.00. The van der Waals surface area contributed by atoms with Crippen molar-refractivity contribution in [3.05, 3.63) is 0 Å². The summed E-state index contributed by atoms with van der Waals surface area (Å²) >= 11 is 6.32. The van der Waals surface area contributed by atoms with Gasteiger partial charge >= 0.3 is 0 Å². The molecule has 0 heterocycles. The molecule has 4 heteroatoms. The molecule has 0 aliphatic rings. The molecule has 0 spiro atoms. The van der Waals surface area contributed by atoms with Crippen molar-refractivity contribution < 1.29 is 0 Å². The van der Waals surface area contributed by atoms with Gasteiger partial charge in [-0.25, -0.2) is 5.84 Å². The molecule has 0 aromatic rings. The fourth-order valence-corrected chi connectivity index (χ4v) is 0.959. The first kappa shape index (κ1) is 8.20. The van der Waals surface area contributed by atoms with Gasteiger partial charge in [0, 0.05) is 5.75 Å². The molecule has 48 valence electrons. The lowest BCUT2D eigenvalue weighted by Gasteiger charge is -1.97. The Kier molecular flexibility index (Phi) is 5.47. The summed E-state index contributed by atoms with van der Waals surface area (Å²) in [5, 5.41) is 0. The fraction of sp³-hybridized carbons (Fsp3) is 0.750. The molecule has 0 saturated carbocycles. The zero-order valence-corrected chi connectivity index (χ0v) is 6.44. The van der Waals surface area contributed by atoms with E-state index in [-0.39, 0.29) is 0 Å². The Morgan fingerprint density at radius 3 is 2.88 bits per heavy atom. The van der Waals surface area contributed by atoms with Crippen molar-refractivity contribution >= 4 is 28.3 Å². The standard InChI is InChI=1S/C4H10N2S2/c1-2-3-8-4(7)6-5/h2-3,5H2,1H3,(H,6,7). The van der Waals surface area contributed by atoms with Gasteiger partial charge in [-0.3, -0.25) is 0 Å². The summed E-state index contributed by atoms with van der Waals surface area (Å²) in [6.45, 7) is 2.10. The highest BCUT2D eigenvalue weighted by molar-refractivity contribution is 8.22. The minimum absolute atomic E-state index is 0.673. The molecule has 0 aromatic heterocycles. The van der Waals surface area contributed by atoms with Gasteiger partial charge in [0.15, 0.2) is 0 Å². The predicted octanol–water partition coefficient (Wildman–Crippen LogP) is 0.878. The fourth-order valence-electron chi connectivity index (χ4n) is 0.236. The van der Waals surface area contributed by atoms with E-state index in [9.17, 15) is 0 Å². The number of nitrogens with one attached hydrogen (secondary N) is 1. The van der Waals surface area contributed by atoms with Crippen molar-refractivity contribution in [3.8, 4) is 0 Å². The summed E-state index contributed by atoms with van der Waals surface area (Å²) in [5.41, 5.74) is 2.39. The van der Waals surface area contributed by atoms with E-state index in [0.717, 1.165) is 12.2 Å². The highest BCUT2D eigenvalue weighted by Gasteiger charge is 1.88. The van der Waals surface area contributed by atoms with Crippen LogP contribution in [0.5, 0.6) is 0 Å². The molecule has 0 rings (SSSR count). The van der Waals surface area contributed by atoms with Gasteiger partial charge in [0.2, 0.25) is 0 Å². The number of hydrogen-bond donors (Lipinski definition) is 2. The van der Waals surface area contributed by atoms with E-state index in [0.29, 0.717) is 4.32 Å². The van der Waals surface area contributed by atoms with Crippen molar-refractivity contribution in [2.45, 2.75) is 13.3 Å². The third-order valence-corrected chi connectivity index (χ3v) is 2.02. The van der Waals surface area contributed by atoms with Gasteiger partial charge in [0.25, 0.3) is 0 Å². The Labute approximate surface area is 59.2 Å². The normalized spacial score (nSPS) is 8.75. The van der Waals surface area contributed by atoms with E-state index in [2.05, 4.69) is 12.3 Å². The molecule has 0 aromatic carbocycles. The van der Waals surface area contributed by atoms with Crippen LogP contribution in [-0.2, 0) is 0 Å². The number of thiocarbonyl (C=S) groups is 1. The lowest BCUT2D eigenvalue weighted by atomic mass is 10.6. The van der Waals surface area contributed by atoms with Crippen molar-refractivity contribution in [1.29, 1.82) is 0 Å². The monoisotopic (exact) mass is 150 g/mol. The predicted molar refractivity (Wildman–Crippen MR) is 42.7 cm³/mol. The Morgan fingerprint density at radius 2 is 2.50 bits per heavy atom. The number of nitrogens with two attached hydrogens (primary N) is 1. The van der Waals surface area contributed by atoms with Gasteiger partial charge in [0.1, 0.15) is 4.32 Å². The van der Waals surface area contributed by atoms with E-state index in [1.165, 1.54) is 0 Å². The smallest absolute Gasteiger partial charge is 0.147 e. The molecule has 0 radical (unpaired) electrons. The minimum atomic E-state index is 0.673. The van der Waals surface area contributed by atoms with E-state index in [4.69, 9.17) is 18.1 Å². The van der Waals surface area contributed by atoms with Crippen molar-refractivity contribution in [1.82, 2.24) is 5.43 Å². The second-order valence-electron chi connectivity index (χ2n) is 1.28. The van der Waals surface area contributed by atoms with Gasteiger partial charge in [-0.1, -0.05) is 30.9 Å². The average molecular weight is 150 g/mol. The van der Waals surface area contributed by atoms with E-state index < -0.39 is 0 Å². The summed E-state index contributed by atoms with van der Waals surface area (Å²) < 4.78 is 0.673. The third-order valence-electron chi connectivity index (χ3n) is 0.555. The van der Waals surface area contributed by atoms with E-state index in [1.54, 1.807) is 11.8 Å². The summed E-state index contributed by atoms with van der Waals surface area (Å²) in [6.07, 6.45) is 1.13. The van der Waals surface area contributed by atoms with Gasteiger partial charge in [-0.15, -0.1) is 0 Å². The van der Waals surface area contributed by atoms with Crippen LogP contribution < -0.4 is 11.3 Å². The molecule has 0 aliphatic heterocycles. The molecule has 3 N–H and O–H groups in total. The summed E-state index contributed by atoms with van der Waals surface area (Å²) in [7, 11) is 0. The Balaban J connectivity index is 2.99. The van der Waals surface area contributed by atoms with Crippen LogP contribution in [0.25, 0.3) is 0 Å². The van der Waals surface area contributed by atoms with Crippen LogP contribution in [0.2, 0.25) is 0 Å². The van der Waals surface area contributed by atoms with Crippen LogP contribution in [0.4, 0.5) is 0 Å². The van der Waals surface area contributed by atoms with Crippen LogP contribution in [0, 0.1) is 0 Å². The topological polar surface area (TPSA) is 38.0 Å². The lowest BCUT2D eigenvalue weighted by Crippen LogP contribution is -2.25. The first-order valence-corrected chi connectivity index (χ1v) is 3.84. The largest absolute Gasteiger partial charge is 0.309 e. The van der Waals surface area contributed by atoms with E-state index >= 15 is 0 Å². The van der Waals surface area contributed by atoms with Crippen molar-refractivity contribution in [3.63, 3.8) is 0 Å². The van der Waals surface area contributed by atoms with Crippen LogP contribution in [0.3, 0.4) is 0 Å². The first-order valence-electron chi connectivity index (χ1n) is 2.44. The van der Waals surface area contributed by atoms with Crippen molar-refractivity contribution in [2.75, 3.05) is 5.75 Å². The summed E-state index contributed by atoms with van der Waals surface area (Å²) in [6, 6.07) is 0. The van der Waals surface area contributed by atoms with Crippen LogP contribution >= 0.6 is 24.0 Å². The molecule has 0 fully saturated rings. The molecule has 2 nitrogen and oxygen atoms in total. The summed E-state index contributed by atoms with van der Waals surface area (Å²) in [5.74, 6) is 6.05. The summed E-state index contributed by atoms with van der Waals surface area (Å²) in [4.78, 5) is 0. The number of thioether (sulfide) groups is 1. The Bertz CT molecular complexity index is 74.4. The highest BCUT2D eigenvalue weighted by atomic mass is 32.2. The lowest BCUT2D eigenvalue weighted by molar-refractivity contribution is 1.06. The first-order chi connectivity index (χ1) is 3.81. The molecule has 0 aliphatic carbocycles. The van der Waals surface area contributed by atoms with Crippen LogP contribution in [-0.4, -0.2) is 10.1 Å². The number of hydrazine groups is 1. The molecular weight excluding hydrogens is 140 g/mol. The molecule has 0 amide bonds. The molecule has 0 atom stereocenters. The maximum atomic E-state index is 5.00. The van der Waals surface area contributed by atoms with Crippen molar-refractivity contribution in [2.24, 2.45) is 5.84 Å². The SMILES string of the molecule is CCCSC(=S)NN. The maximum Gasteiger partial charge on any atom is 0.147 e. The van der Waals surface area contributed by atoms with Gasteiger partial charge < -0.3 is 5.43 Å².